The second-order valence-electron chi connectivity index (χ2n) is 5.13. The van der Waals surface area contributed by atoms with E-state index in [0.717, 1.165) is 51.6 Å². The minimum absolute atomic E-state index is 0.250. The van der Waals surface area contributed by atoms with Crippen LogP contribution in [0.15, 0.2) is 0 Å². The summed E-state index contributed by atoms with van der Waals surface area (Å²) in [5.41, 5.74) is -0.484. The Morgan fingerprint density at radius 1 is 1.44 bits per heavy atom. The number of rotatable bonds is 5. The summed E-state index contributed by atoms with van der Waals surface area (Å²) < 4.78 is 11.0. The van der Waals surface area contributed by atoms with Crippen molar-refractivity contribution in [1.82, 2.24) is 0 Å². The van der Waals surface area contributed by atoms with E-state index in [0.29, 0.717) is 6.10 Å². The highest BCUT2D eigenvalue weighted by Gasteiger charge is 2.35. The molecule has 3 nitrogen and oxygen atoms in total. The molecule has 0 aromatic heterocycles. The molecule has 0 aliphatic carbocycles. The summed E-state index contributed by atoms with van der Waals surface area (Å²) in [6.45, 7) is 3.01. The second-order valence-corrected chi connectivity index (χ2v) is 5.13. The van der Waals surface area contributed by atoms with Crippen LogP contribution in [0.1, 0.15) is 51.9 Å². The molecule has 0 saturated carbocycles. The largest absolute Gasteiger partial charge is 0.373 e. The Morgan fingerprint density at radius 2 is 2.25 bits per heavy atom. The third-order valence-corrected chi connectivity index (χ3v) is 3.58. The average Bonchev–Trinajstić information content (AvgIpc) is 3.08. The van der Waals surface area contributed by atoms with Gasteiger partial charge in [0.25, 0.3) is 0 Å². The predicted octanol–water partition coefficient (Wildman–Crippen LogP) is 2.80. The van der Waals surface area contributed by atoms with E-state index in [1.807, 2.05) is 0 Å². The number of nitriles is 1. The molecular formula is C13H21NO2. The van der Waals surface area contributed by atoms with E-state index in [4.69, 9.17) is 9.47 Å². The molecule has 0 aromatic rings. The minimum Gasteiger partial charge on any atom is -0.373 e. The summed E-state index contributed by atoms with van der Waals surface area (Å²) in [5, 5.41) is 9.28. The lowest BCUT2D eigenvalue weighted by Gasteiger charge is -2.35. The van der Waals surface area contributed by atoms with Crippen molar-refractivity contribution in [3.63, 3.8) is 0 Å². The summed E-state index contributed by atoms with van der Waals surface area (Å²) in [4.78, 5) is 0. The van der Waals surface area contributed by atoms with Crippen LogP contribution in [0.2, 0.25) is 0 Å². The van der Waals surface area contributed by atoms with E-state index in [1.165, 1.54) is 0 Å². The first kappa shape index (κ1) is 11.9. The van der Waals surface area contributed by atoms with Gasteiger partial charge in [0.05, 0.1) is 24.9 Å². The van der Waals surface area contributed by atoms with Crippen LogP contribution in [0.25, 0.3) is 0 Å². The van der Waals surface area contributed by atoms with Crippen LogP contribution in [0.5, 0.6) is 0 Å². The third-order valence-electron chi connectivity index (χ3n) is 3.58. The number of epoxide rings is 1. The molecule has 2 rings (SSSR count). The SMILES string of the molecule is C[C@H]1CCC[C@@](C#N)(CCCC[C@H]2CO2)O1. The number of nitrogens with zero attached hydrogens (tertiary/aromatic N) is 1. The van der Waals surface area contributed by atoms with Crippen LogP contribution in [0.3, 0.4) is 0 Å². The lowest BCUT2D eigenvalue weighted by atomic mass is 9.88. The van der Waals surface area contributed by atoms with Gasteiger partial charge >= 0.3 is 0 Å². The topological polar surface area (TPSA) is 45.5 Å². The Hall–Kier alpha value is -0.590. The van der Waals surface area contributed by atoms with Gasteiger partial charge in [-0.15, -0.1) is 0 Å². The molecule has 0 bridgehead atoms. The van der Waals surface area contributed by atoms with Gasteiger partial charge in [-0.1, -0.05) is 6.42 Å². The first-order valence-corrected chi connectivity index (χ1v) is 6.45. The molecule has 16 heavy (non-hydrogen) atoms. The Labute approximate surface area is 97.7 Å². The van der Waals surface area contributed by atoms with Crippen molar-refractivity contribution >= 4 is 0 Å². The number of hydrogen-bond donors (Lipinski definition) is 0. The molecule has 2 heterocycles. The van der Waals surface area contributed by atoms with Gasteiger partial charge < -0.3 is 9.47 Å². The zero-order valence-electron chi connectivity index (χ0n) is 10.1. The third kappa shape index (κ3) is 3.20. The van der Waals surface area contributed by atoms with Crippen LogP contribution in [0, 0.1) is 11.3 Å². The fourth-order valence-corrected chi connectivity index (χ4v) is 2.52. The molecule has 2 aliphatic heterocycles. The molecule has 3 atom stereocenters. The molecule has 0 amide bonds. The lowest BCUT2D eigenvalue weighted by molar-refractivity contribution is -0.0908. The Balaban J connectivity index is 1.72. The van der Waals surface area contributed by atoms with Crippen molar-refractivity contribution < 1.29 is 9.47 Å². The Morgan fingerprint density at radius 3 is 2.88 bits per heavy atom. The fourth-order valence-electron chi connectivity index (χ4n) is 2.52. The molecule has 0 aromatic carbocycles. The zero-order valence-corrected chi connectivity index (χ0v) is 10.1. The summed E-state index contributed by atoms with van der Waals surface area (Å²) >= 11 is 0. The van der Waals surface area contributed by atoms with Crippen molar-refractivity contribution in [3.05, 3.63) is 0 Å². The minimum atomic E-state index is -0.484. The van der Waals surface area contributed by atoms with Crippen LogP contribution in [0.4, 0.5) is 0 Å². The van der Waals surface area contributed by atoms with E-state index in [1.54, 1.807) is 0 Å². The molecule has 3 heteroatoms. The highest BCUT2D eigenvalue weighted by Crippen LogP contribution is 2.33. The van der Waals surface area contributed by atoms with Gasteiger partial charge in [-0.2, -0.15) is 5.26 Å². The van der Waals surface area contributed by atoms with Gasteiger partial charge in [0.2, 0.25) is 0 Å². The quantitative estimate of drug-likeness (QED) is 0.532. The summed E-state index contributed by atoms with van der Waals surface area (Å²) in [6, 6.07) is 2.40. The Bertz CT molecular complexity index is 270. The molecule has 2 saturated heterocycles. The predicted molar refractivity (Wildman–Crippen MR) is 61.0 cm³/mol. The van der Waals surface area contributed by atoms with Gasteiger partial charge in [0.1, 0.15) is 0 Å². The second kappa shape index (κ2) is 5.16. The van der Waals surface area contributed by atoms with E-state index >= 15 is 0 Å². The van der Waals surface area contributed by atoms with Crippen molar-refractivity contribution in [2.24, 2.45) is 0 Å². The summed E-state index contributed by atoms with van der Waals surface area (Å²) in [5.74, 6) is 0. The first-order chi connectivity index (χ1) is 7.74. The lowest BCUT2D eigenvalue weighted by Crippen LogP contribution is -2.38. The van der Waals surface area contributed by atoms with Crippen LogP contribution >= 0.6 is 0 Å². The first-order valence-electron chi connectivity index (χ1n) is 6.45. The molecule has 90 valence electrons. The maximum atomic E-state index is 9.28. The van der Waals surface area contributed by atoms with Crippen molar-refractivity contribution in [2.75, 3.05) is 6.61 Å². The van der Waals surface area contributed by atoms with E-state index < -0.39 is 5.60 Å². The molecule has 2 fully saturated rings. The normalized spacial score (nSPS) is 38.0. The van der Waals surface area contributed by atoms with Gasteiger partial charge in [0.15, 0.2) is 5.60 Å². The Kier molecular flexibility index (Phi) is 3.83. The average molecular weight is 223 g/mol. The van der Waals surface area contributed by atoms with Crippen LogP contribution in [-0.2, 0) is 9.47 Å². The van der Waals surface area contributed by atoms with E-state index in [2.05, 4.69) is 13.0 Å². The monoisotopic (exact) mass is 223 g/mol. The standard InChI is InChI=1S/C13H21NO2/c1-11-5-4-8-13(10-14,16-11)7-3-2-6-12-9-15-12/h11-12H,2-9H2,1H3/t11-,12-,13+/m0/s1. The van der Waals surface area contributed by atoms with Gasteiger partial charge in [-0.05, 0) is 45.4 Å². The molecular weight excluding hydrogens is 202 g/mol. The van der Waals surface area contributed by atoms with E-state index in [-0.39, 0.29) is 6.10 Å². The van der Waals surface area contributed by atoms with Crippen LogP contribution < -0.4 is 0 Å². The highest BCUT2D eigenvalue weighted by molar-refractivity contribution is 5.03. The fraction of sp³-hybridized carbons (Fsp3) is 0.923. The molecule has 0 spiro atoms. The van der Waals surface area contributed by atoms with Gasteiger partial charge in [0, 0.05) is 0 Å². The number of hydrogen-bond acceptors (Lipinski definition) is 3. The smallest absolute Gasteiger partial charge is 0.154 e. The summed E-state index contributed by atoms with van der Waals surface area (Å²) in [7, 11) is 0. The maximum Gasteiger partial charge on any atom is 0.154 e. The molecule has 0 unspecified atom stereocenters. The molecule has 0 radical (unpaired) electrons. The molecule has 0 N–H and O–H groups in total. The summed E-state index contributed by atoms with van der Waals surface area (Å²) in [6.07, 6.45) is 8.18. The zero-order chi connectivity index (χ0) is 11.4. The number of unbranched alkanes of at least 4 members (excludes halogenated alkanes) is 1. The van der Waals surface area contributed by atoms with Gasteiger partial charge in [-0.3, -0.25) is 0 Å². The van der Waals surface area contributed by atoms with E-state index in [9.17, 15) is 5.26 Å². The van der Waals surface area contributed by atoms with Crippen LogP contribution in [-0.4, -0.2) is 24.4 Å². The van der Waals surface area contributed by atoms with Crippen molar-refractivity contribution in [2.45, 2.75) is 69.7 Å². The highest BCUT2D eigenvalue weighted by atomic mass is 16.6. The maximum absolute atomic E-state index is 9.28. The number of ether oxygens (including phenoxy) is 2. The van der Waals surface area contributed by atoms with Gasteiger partial charge in [-0.25, -0.2) is 0 Å². The van der Waals surface area contributed by atoms with Crippen molar-refractivity contribution in [1.29, 1.82) is 5.26 Å². The van der Waals surface area contributed by atoms with Crippen molar-refractivity contribution in [3.8, 4) is 6.07 Å². The molecule has 2 aliphatic rings.